The highest BCUT2D eigenvalue weighted by Crippen LogP contribution is 2.38. The van der Waals surface area contributed by atoms with E-state index in [1.165, 1.54) is 5.56 Å². The largest absolute Gasteiger partial charge is 0.333 e. The second kappa shape index (κ2) is 4.66. The first-order chi connectivity index (χ1) is 8.76. The molecule has 0 bridgehead atoms. The van der Waals surface area contributed by atoms with E-state index in [2.05, 4.69) is 35.1 Å². The molecule has 1 fully saturated rings. The molecule has 1 saturated carbocycles. The predicted molar refractivity (Wildman–Crippen MR) is 73.4 cm³/mol. The third-order valence-corrected chi connectivity index (χ3v) is 4.78. The fraction of sp³-hybridized carbons (Fsp3) is 0.429. The van der Waals surface area contributed by atoms with Crippen LogP contribution in [-0.2, 0) is 0 Å². The molecule has 0 radical (unpaired) electrons. The minimum Gasteiger partial charge on any atom is -0.333 e. The summed E-state index contributed by atoms with van der Waals surface area (Å²) in [6, 6.07) is 8.65. The molecule has 1 aromatic heterocycles. The van der Waals surface area contributed by atoms with Gasteiger partial charge in [0.2, 0.25) is 0 Å². The van der Waals surface area contributed by atoms with E-state index in [0.717, 1.165) is 35.5 Å². The number of H-pyrrole nitrogens is 1. The number of nitriles is 1. The number of imidazole rings is 1. The molecule has 18 heavy (non-hydrogen) atoms. The first-order valence-corrected chi connectivity index (χ1v) is 7.17. The van der Waals surface area contributed by atoms with Gasteiger partial charge in [0, 0.05) is 5.25 Å². The van der Waals surface area contributed by atoms with Crippen molar-refractivity contribution >= 4 is 22.8 Å². The third kappa shape index (κ3) is 2.11. The Labute approximate surface area is 111 Å². The lowest BCUT2D eigenvalue weighted by Crippen LogP contribution is -2.07. The fourth-order valence-corrected chi connectivity index (χ4v) is 3.77. The molecule has 4 heteroatoms. The zero-order chi connectivity index (χ0) is 12.5. The van der Waals surface area contributed by atoms with Crippen molar-refractivity contribution in [3.8, 4) is 6.07 Å². The van der Waals surface area contributed by atoms with Gasteiger partial charge in [-0.3, -0.25) is 0 Å². The van der Waals surface area contributed by atoms with E-state index in [-0.39, 0.29) is 5.92 Å². The van der Waals surface area contributed by atoms with Gasteiger partial charge >= 0.3 is 0 Å². The van der Waals surface area contributed by atoms with E-state index in [1.54, 1.807) is 11.8 Å². The lowest BCUT2D eigenvalue weighted by Gasteiger charge is -2.09. The summed E-state index contributed by atoms with van der Waals surface area (Å²) in [6.45, 7) is 2.08. The highest BCUT2D eigenvalue weighted by atomic mass is 32.2. The first kappa shape index (κ1) is 11.6. The average molecular weight is 257 g/mol. The number of nitrogens with one attached hydrogen (secondary N) is 1. The normalized spacial score (nSPS) is 23.3. The maximum atomic E-state index is 9.10. The van der Waals surface area contributed by atoms with Gasteiger partial charge < -0.3 is 4.98 Å². The van der Waals surface area contributed by atoms with Crippen LogP contribution in [0.15, 0.2) is 23.4 Å². The van der Waals surface area contributed by atoms with E-state index in [4.69, 9.17) is 5.26 Å². The summed E-state index contributed by atoms with van der Waals surface area (Å²) in [5.41, 5.74) is 3.33. The highest BCUT2D eigenvalue weighted by molar-refractivity contribution is 7.99. The van der Waals surface area contributed by atoms with Crippen molar-refractivity contribution < 1.29 is 0 Å². The van der Waals surface area contributed by atoms with Crippen molar-refractivity contribution in [1.29, 1.82) is 5.26 Å². The lowest BCUT2D eigenvalue weighted by molar-refractivity contribution is 0.713. The smallest absolute Gasteiger partial charge is 0.166 e. The number of aryl methyl sites for hydroxylation is 1. The molecule has 0 aliphatic heterocycles. The molecule has 2 aromatic rings. The number of rotatable bonds is 2. The molecule has 2 atom stereocenters. The summed E-state index contributed by atoms with van der Waals surface area (Å²) < 4.78 is 0. The molecule has 1 aromatic carbocycles. The molecule has 92 valence electrons. The summed E-state index contributed by atoms with van der Waals surface area (Å²) in [5, 5.41) is 10.4. The molecule has 0 saturated heterocycles. The number of fused-ring (bicyclic) bond motifs is 1. The van der Waals surface area contributed by atoms with Gasteiger partial charge in [-0.05, 0) is 37.5 Å². The van der Waals surface area contributed by atoms with Crippen LogP contribution >= 0.6 is 11.8 Å². The van der Waals surface area contributed by atoms with Gasteiger partial charge in [0.15, 0.2) is 5.16 Å². The van der Waals surface area contributed by atoms with Crippen molar-refractivity contribution in [2.45, 2.75) is 36.6 Å². The van der Waals surface area contributed by atoms with Crippen molar-refractivity contribution in [2.24, 2.45) is 5.92 Å². The summed E-state index contributed by atoms with van der Waals surface area (Å²) in [4.78, 5) is 7.93. The zero-order valence-electron chi connectivity index (χ0n) is 10.3. The second-order valence-corrected chi connectivity index (χ2v) is 6.11. The Morgan fingerprint density at radius 2 is 2.33 bits per heavy atom. The monoisotopic (exact) mass is 257 g/mol. The van der Waals surface area contributed by atoms with Crippen LogP contribution in [0.5, 0.6) is 0 Å². The van der Waals surface area contributed by atoms with Gasteiger partial charge in [-0.25, -0.2) is 4.98 Å². The minimum atomic E-state index is 0.185. The summed E-state index contributed by atoms with van der Waals surface area (Å²) in [6.07, 6.45) is 3.32. The van der Waals surface area contributed by atoms with Crippen LogP contribution < -0.4 is 0 Å². The fourth-order valence-electron chi connectivity index (χ4n) is 2.51. The summed E-state index contributed by atoms with van der Waals surface area (Å²) in [5.74, 6) is 0.185. The topological polar surface area (TPSA) is 52.5 Å². The number of thioether (sulfide) groups is 1. The number of aromatic nitrogens is 2. The third-order valence-electron chi connectivity index (χ3n) is 3.50. The molecule has 1 aliphatic carbocycles. The summed E-state index contributed by atoms with van der Waals surface area (Å²) in [7, 11) is 0. The number of benzene rings is 1. The Morgan fingerprint density at radius 1 is 1.44 bits per heavy atom. The molecule has 0 spiro atoms. The maximum Gasteiger partial charge on any atom is 0.166 e. The Morgan fingerprint density at radius 3 is 3.17 bits per heavy atom. The van der Waals surface area contributed by atoms with Crippen molar-refractivity contribution in [2.75, 3.05) is 0 Å². The zero-order valence-corrected chi connectivity index (χ0v) is 11.1. The van der Waals surface area contributed by atoms with E-state index in [9.17, 15) is 0 Å². The predicted octanol–water partition coefficient (Wildman–Crippen LogP) is 3.66. The molecular formula is C14H15N3S. The maximum absolute atomic E-state index is 9.10. The average Bonchev–Trinajstić information content (AvgIpc) is 2.94. The SMILES string of the molecule is Cc1ccc2nc(SC3CCCC3C#N)[nH]c2c1. The quantitative estimate of drug-likeness (QED) is 0.893. The van der Waals surface area contributed by atoms with Crippen LogP contribution in [0.25, 0.3) is 11.0 Å². The molecule has 1 aliphatic rings. The van der Waals surface area contributed by atoms with Gasteiger partial charge in [0.25, 0.3) is 0 Å². The Hall–Kier alpha value is -1.47. The van der Waals surface area contributed by atoms with E-state index in [1.807, 2.05) is 6.07 Å². The van der Waals surface area contributed by atoms with Crippen LogP contribution in [-0.4, -0.2) is 15.2 Å². The highest BCUT2D eigenvalue weighted by Gasteiger charge is 2.28. The number of aromatic amines is 1. The van der Waals surface area contributed by atoms with Gasteiger partial charge in [0.05, 0.1) is 23.0 Å². The molecular weight excluding hydrogens is 242 g/mol. The molecule has 1 heterocycles. The Bertz CT molecular complexity index is 611. The Balaban J connectivity index is 1.85. The minimum absolute atomic E-state index is 0.185. The molecule has 1 N–H and O–H groups in total. The molecule has 3 rings (SSSR count). The van der Waals surface area contributed by atoms with Crippen LogP contribution in [0.2, 0.25) is 0 Å². The van der Waals surface area contributed by atoms with Gasteiger partial charge in [0.1, 0.15) is 0 Å². The standard InChI is InChI=1S/C14H15N3S/c1-9-5-6-11-12(7-9)17-14(16-11)18-13-4-2-3-10(13)8-15/h5-7,10,13H,2-4H2,1H3,(H,16,17). The van der Waals surface area contributed by atoms with E-state index >= 15 is 0 Å². The van der Waals surface area contributed by atoms with E-state index in [0.29, 0.717) is 5.25 Å². The lowest BCUT2D eigenvalue weighted by atomic mass is 10.1. The van der Waals surface area contributed by atoms with Crippen LogP contribution in [0.1, 0.15) is 24.8 Å². The molecule has 3 nitrogen and oxygen atoms in total. The van der Waals surface area contributed by atoms with Crippen molar-refractivity contribution in [3.05, 3.63) is 23.8 Å². The Kier molecular flexibility index (Phi) is 3.00. The van der Waals surface area contributed by atoms with Crippen molar-refractivity contribution in [3.63, 3.8) is 0 Å². The second-order valence-electron chi connectivity index (χ2n) is 4.89. The van der Waals surface area contributed by atoms with E-state index < -0.39 is 0 Å². The number of hydrogen-bond acceptors (Lipinski definition) is 3. The molecule has 2 unspecified atom stereocenters. The van der Waals surface area contributed by atoms with Crippen LogP contribution in [0.3, 0.4) is 0 Å². The number of nitrogens with zero attached hydrogens (tertiary/aromatic N) is 2. The van der Waals surface area contributed by atoms with Crippen LogP contribution in [0.4, 0.5) is 0 Å². The van der Waals surface area contributed by atoms with Gasteiger partial charge in [-0.1, -0.05) is 24.2 Å². The van der Waals surface area contributed by atoms with Crippen molar-refractivity contribution in [1.82, 2.24) is 9.97 Å². The van der Waals surface area contributed by atoms with Crippen LogP contribution in [0, 0.1) is 24.2 Å². The number of hydrogen-bond donors (Lipinski definition) is 1. The summed E-state index contributed by atoms with van der Waals surface area (Å²) >= 11 is 1.73. The molecule has 0 amide bonds. The first-order valence-electron chi connectivity index (χ1n) is 6.29. The van der Waals surface area contributed by atoms with Gasteiger partial charge in [-0.15, -0.1) is 0 Å². The van der Waals surface area contributed by atoms with Gasteiger partial charge in [-0.2, -0.15) is 5.26 Å².